The molecule has 1 heterocycles. The third kappa shape index (κ3) is 5.77. The van der Waals surface area contributed by atoms with Crippen molar-refractivity contribution >= 4 is 43.3 Å². The van der Waals surface area contributed by atoms with Gasteiger partial charge in [0.2, 0.25) is 5.91 Å². The second-order valence-electron chi connectivity index (χ2n) is 7.06. The molecule has 0 bridgehead atoms. The monoisotopic (exact) mass is 488 g/mol. The second-order valence-corrected chi connectivity index (χ2v) is 10.2. The van der Waals surface area contributed by atoms with E-state index in [-0.39, 0.29) is 23.5 Å². The highest BCUT2D eigenvalue weighted by Gasteiger charge is 2.16. The molecule has 3 aromatic rings. The average molecular weight is 489 g/mol. The van der Waals surface area contributed by atoms with Crippen LogP contribution in [0.1, 0.15) is 23.2 Å². The fourth-order valence-corrected chi connectivity index (χ4v) is 5.59. The molecule has 8 nitrogen and oxygen atoms in total. The number of carbonyl (C=O) groups excluding carboxylic acids is 2. The molecule has 0 atom stereocenters. The third-order valence-corrected chi connectivity index (χ3v) is 7.72. The highest BCUT2D eigenvalue weighted by molar-refractivity contribution is 7.91. The Morgan fingerprint density at radius 3 is 2.52 bits per heavy atom. The second kappa shape index (κ2) is 10.6. The van der Waals surface area contributed by atoms with Gasteiger partial charge < -0.3 is 14.0 Å². The van der Waals surface area contributed by atoms with E-state index in [2.05, 4.69) is 11.6 Å². The van der Waals surface area contributed by atoms with Crippen LogP contribution >= 0.6 is 11.3 Å². The van der Waals surface area contributed by atoms with Crippen LogP contribution in [0.15, 0.2) is 65.0 Å². The van der Waals surface area contributed by atoms with Gasteiger partial charge in [-0.05, 0) is 48.9 Å². The number of methoxy groups -OCH3 is 2. The maximum atomic E-state index is 12.5. The molecule has 3 rings (SSSR count). The molecule has 0 saturated carbocycles. The molecular weight excluding hydrogens is 464 g/mol. The van der Waals surface area contributed by atoms with Crippen molar-refractivity contribution in [2.45, 2.75) is 24.3 Å². The Labute approximate surface area is 195 Å². The lowest BCUT2D eigenvalue weighted by Gasteiger charge is -2.05. The zero-order valence-electron chi connectivity index (χ0n) is 18.3. The molecule has 0 unspecified atom stereocenters. The number of fused-ring (bicyclic) bond motifs is 1. The predicted molar refractivity (Wildman–Crippen MR) is 126 cm³/mol. The van der Waals surface area contributed by atoms with E-state index in [1.165, 1.54) is 37.7 Å². The van der Waals surface area contributed by atoms with Crippen LogP contribution in [-0.2, 0) is 25.9 Å². The predicted octanol–water partition coefficient (Wildman–Crippen LogP) is 3.37. The summed E-state index contributed by atoms with van der Waals surface area (Å²) in [5.74, 6) is -0.467. The van der Waals surface area contributed by atoms with Crippen molar-refractivity contribution in [1.82, 2.24) is 4.57 Å². The van der Waals surface area contributed by atoms with Crippen LogP contribution in [-0.4, -0.2) is 44.8 Å². The minimum absolute atomic E-state index is 0.00880. The van der Waals surface area contributed by atoms with Gasteiger partial charge in [0.25, 0.3) is 0 Å². The van der Waals surface area contributed by atoms with Gasteiger partial charge in [-0.15, -0.1) is 6.58 Å². The summed E-state index contributed by atoms with van der Waals surface area (Å²) in [6.45, 7) is 4.17. The number of carbonyl (C=O) groups is 2. The first kappa shape index (κ1) is 24.4. The molecule has 0 saturated heterocycles. The lowest BCUT2D eigenvalue weighted by Crippen LogP contribution is -2.16. The molecule has 33 heavy (non-hydrogen) atoms. The standard InChI is InChI=1S/C23H24N2O6S2/c1-4-13-25-19-12-7-16(22(27)31-3)15-20(19)32-23(25)24-21(26)6-5-14-33(28,29)18-10-8-17(30-2)9-11-18/h4,7-12,15H,1,5-6,13-14H2,2-3H3. The molecule has 0 aliphatic carbocycles. The zero-order valence-corrected chi connectivity index (χ0v) is 19.9. The van der Waals surface area contributed by atoms with E-state index in [4.69, 9.17) is 9.47 Å². The van der Waals surface area contributed by atoms with E-state index in [1.807, 2.05) is 4.57 Å². The van der Waals surface area contributed by atoms with Gasteiger partial charge in [0.05, 0.1) is 40.6 Å². The van der Waals surface area contributed by atoms with Crippen LogP contribution in [0.3, 0.4) is 0 Å². The van der Waals surface area contributed by atoms with Crippen LogP contribution in [0.25, 0.3) is 10.2 Å². The number of nitrogens with zero attached hydrogens (tertiary/aromatic N) is 2. The van der Waals surface area contributed by atoms with Gasteiger partial charge >= 0.3 is 5.97 Å². The number of benzene rings is 2. The van der Waals surface area contributed by atoms with Crippen molar-refractivity contribution in [3.63, 3.8) is 0 Å². The molecule has 0 spiro atoms. The summed E-state index contributed by atoms with van der Waals surface area (Å²) in [5.41, 5.74) is 1.21. The van der Waals surface area contributed by atoms with Crippen molar-refractivity contribution in [2.24, 2.45) is 4.99 Å². The number of rotatable bonds is 9. The maximum Gasteiger partial charge on any atom is 0.337 e. The first-order valence-corrected chi connectivity index (χ1v) is 12.5. The van der Waals surface area contributed by atoms with Gasteiger partial charge in [0.15, 0.2) is 14.6 Å². The normalized spacial score (nSPS) is 12.0. The Kier molecular flexibility index (Phi) is 7.83. The SMILES string of the molecule is C=CCn1c(=NC(=O)CCCS(=O)(=O)c2ccc(OC)cc2)sc2cc(C(=O)OC)ccc21. The Hall–Kier alpha value is -3.24. The molecular formula is C23H24N2O6S2. The van der Waals surface area contributed by atoms with Crippen LogP contribution in [0.2, 0.25) is 0 Å². The number of hydrogen-bond donors (Lipinski definition) is 0. The highest BCUT2D eigenvalue weighted by atomic mass is 32.2. The third-order valence-electron chi connectivity index (χ3n) is 4.86. The van der Waals surface area contributed by atoms with Crippen molar-refractivity contribution in [3.05, 3.63) is 65.5 Å². The first-order chi connectivity index (χ1) is 15.8. The molecule has 0 aliphatic rings. The lowest BCUT2D eigenvalue weighted by molar-refractivity contribution is -0.118. The Balaban J connectivity index is 1.77. The molecule has 1 amide bonds. The number of thiazole rings is 1. The molecule has 174 valence electrons. The summed E-state index contributed by atoms with van der Waals surface area (Å²) < 4.78 is 37.4. The number of aromatic nitrogens is 1. The molecule has 10 heteroatoms. The summed E-state index contributed by atoms with van der Waals surface area (Å²) in [6.07, 6.45) is 1.83. The maximum absolute atomic E-state index is 12.5. The van der Waals surface area contributed by atoms with Gasteiger partial charge in [0, 0.05) is 13.0 Å². The minimum atomic E-state index is -3.52. The van der Waals surface area contributed by atoms with E-state index >= 15 is 0 Å². The number of sulfone groups is 1. The van der Waals surface area contributed by atoms with Crippen molar-refractivity contribution in [3.8, 4) is 5.75 Å². The van der Waals surface area contributed by atoms with Gasteiger partial charge in [-0.1, -0.05) is 17.4 Å². The molecule has 0 fully saturated rings. The van der Waals surface area contributed by atoms with Crippen LogP contribution in [0, 0.1) is 0 Å². The average Bonchev–Trinajstić information content (AvgIpc) is 3.14. The van der Waals surface area contributed by atoms with Gasteiger partial charge in [-0.25, -0.2) is 13.2 Å². The fraction of sp³-hybridized carbons (Fsp3) is 0.261. The van der Waals surface area contributed by atoms with Crippen LogP contribution in [0.5, 0.6) is 5.75 Å². The van der Waals surface area contributed by atoms with Crippen molar-refractivity contribution in [1.29, 1.82) is 0 Å². The summed E-state index contributed by atoms with van der Waals surface area (Å²) in [7, 11) is -0.697. The molecule has 0 aliphatic heterocycles. The number of allylic oxidation sites excluding steroid dienone is 1. The summed E-state index contributed by atoms with van der Waals surface area (Å²) in [4.78, 5) is 29.1. The smallest absolute Gasteiger partial charge is 0.337 e. The molecule has 1 aromatic heterocycles. The van der Waals surface area contributed by atoms with Crippen LogP contribution in [0.4, 0.5) is 0 Å². The first-order valence-electron chi connectivity index (χ1n) is 10.1. The topological polar surface area (TPSA) is 104 Å². The van der Waals surface area contributed by atoms with E-state index in [1.54, 1.807) is 36.4 Å². The number of hydrogen-bond acceptors (Lipinski definition) is 7. The lowest BCUT2D eigenvalue weighted by atomic mass is 10.2. The summed E-state index contributed by atoms with van der Waals surface area (Å²) in [6, 6.07) is 11.2. The van der Waals surface area contributed by atoms with E-state index in [0.717, 1.165) is 10.2 Å². The van der Waals surface area contributed by atoms with Crippen LogP contribution < -0.4 is 9.54 Å². The summed E-state index contributed by atoms with van der Waals surface area (Å²) >= 11 is 1.26. The molecule has 2 aromatic carbocycles. The van der Waals surface area contributed by atoms with Gasteiger partial charge in [0.1, 0.15) is 5.75 Å². The number of ether oxygens (including phenoxy) is 2. The van der Waals surface area contributed by atoms with Crippen molar-refractivity contribution < 1.29 is 27.5 Å². The number of amides is 1. The fourth-order valence-electron chi connectivity index (χ4n) is 3.19. The van der Waals surface area contributed by atoms with E-state index in [0.29, 0.717) is 22.7 Å². The largest absolute Gasteiger partial charge is 0.497 e. The van der Waals surface area contributed by atoms with Gasteiger partial charge in [-0.3, -0.25) is 4.79 Å². The Morgan fingerprint density at radius 1 is 1.15 bits per heavy atom. The zero-order chi connectivity index (χ0) is 24.0. The van der Waals surface area contributed by atoms with Crippen molar-refractivity contribution in [2.75, 3.05) is 20.0 Å². The quantitative estimate of drug-likeness (QED) is 0.338. The van der Waals surface area contributed by atoms with E-state index in [9.17, 15) is 18.0 Å². The Bertz CT molecular complexity index is 1350. The summed E-state index contributed by atoms with van der Waals surface area (Å²) in [5, 5.41) is 0. The minimum Gasteiger partial charge on any atom is -0.497 e. The Morgan fingerprint density at radius 2 is 1.88 bits per heavy atom. The van der Waals surface area contributed by atoms with E-state index < -0.39 is 21.7 Å². The number of esters is 1. The van der Waals surface area contributed by atoms with Gasteiger partial charge in [-0.2, -0.15) is 4.99 Å². The molecule has 0 radical (unpaired) electrons. The highest BCUT2D eigenvalue weighted by Crippen LogP contribution is 2.20. The molecule has 0 N–H and O–H groups in total.